The molecule has 7 nitrogen and oxygen atoms in total. The van der Waals surface area contributed by atoms with E-state index in [0.717, 1.165) is 43.6 Å². The number of hydrogen-bond donors (Lipinski definition) is 3. The van der Waals surface area contributed by atoms with Crippen LogP contribution in [0.1, 0.15) is 24.8 Å². The molecule has 0 heterocycles. The van der Waals surface area contributed by atoms with Crippen LogP contribution in [0.4, 0.5) is 10.5 Å². The smallest absolute Gasteiger partial charge is 0.411 e. The molecule has 1 aliphatic rings. The van der Waals surface area contributed by atoms with E-state index in [1.54, 1.807) is 7.05 Å². The highest BCUT2D eigenvalue weighted by Gasteiger charge is 2.20. The highest BCUT2D eigenvalue weighted by Crippen LogP contribution is 2.28. The summed E-state index contributed by atoms with van der Waals surface area (Å²) in [5.41, 5.74) is 1.79. The summed E-state index contributed by atoms with van der Waals surface area (Å²) in [7, 11) is 3.09. The van der Waals surface area contributed by atoms with E-state index < -0.39 is 6.09 Å². The van der Waals surface area contributed by atoms with Crippen molar-refractivity contribution in [2.45, 2.75) is 25.8 Å². The quantitative estimate of drug-likeness (QED) is 0.362. The lowest BCUT2D eigenvalue weighted by Crippen LogP contribution is -2.37. The molecule has 1 aromatic rings. The summed E-state index contributed by atoms with van der Waals surface area (Å²) in [5, 5.41) is 9.16. The fourth-order valence-electron chi connectivity index (χ4n) is 2.20. The lowest BCUT2D eigenvalue weighted by Gasteiger charge is -2.12. The maximum absolute atomic E-state index is 11.1. The van der Waals surface area contributed by atoms with Crippen LogP contribution in [0.15, 0.2) is 29.3 Å². The Balaban J connectivity index is 1.61. The molecule has 1 amide bonds. The molecular formula is C18H28N4O3. The fraction of sp³-hybridized carbons (Fsp3) is 0.556. The summed E-state index contributed by atoms with van der Waals surface area (Å²) < 4.78 is 10.2. The van der Waals surface area contributed by atoms with Gasteiger partial charge in [-0.05, 0) is 42.9 Å². The topological polar surface area (TPSA) is 84.0 Å². The van der Waals surface area contributed by atoms with Crippen LogP contribution in [0.25, 0.3) is 0 Å². The van der Waals surface area contributed by atoms with Crippen molar-refractivity contribution in [1.29, 1.82) is 0 Å². The van der Waals surface area contributed by atoms with Crippen LogP contribution in [0, 0.1) is 5.92 Å². The van der Waals surface area contributed by atoms with Crippen molar-refractivity contribution >= 4 is 17.7 Å². The number of benzene rings is 1. The van der Waals surface area contributed by atoms with Gasteiger partial charge in [-0.25, -0.2) is 4.79 Å². The van der Waals surface area contributed by atoms with Gasteiger partial charge in [0.15, 0.2) is 5.96 Å². The minimum Gasteiger partial charge on any atom is -0.453 e. The number of nitrogens with one attached hydrogen (secondary N) is 3. The molecule has 1 saturated carbocycles. The Labute approximate surface area is 149 Å². The molecule has 0 unspecified atom stereocenters. The zero-order chi connectivity index (χ0) is 17.9. The average Bonchev–Trinajstić information content (AvgIpc) is 3.46. The number of ether oxygens (including phenoxy) is 2. The third-order valence-electron chi connectivity index (χ3n) is 3.88. The van der Waals surface area contributed by atoms with Crippen molar-refractivity contribution in [2.75, 3.05) is 39.2 Å². The van der Waals surface area contributed by atoms with Crippen molar-refractivity contribution in [3.8, 4) is 0 Å². The van der Waals surface area contributed by atoms with E-state index in [9.17, 15) is 4.79 Å². The number of anilines is 1. The zero-order valence-corrected chi connectivity index (χ0v) is 15.0. The van der Waals surface area contributed by atoms with Crippen LogP contribution < -0.4 is 16.0 Å². The number of methoxy groups -OCH3 is 1. The molecule has 0 bridgehead atoms. The Bertz CT molecular complexity index is 556. The lowest BCUT2D eigenvalue weighted by molar-refractivity contribution is 0.123. The first-order valence-corrected chi connectivity index (χ1v) is 8.67. The zero-order valence-electron chi connectivity index (χ0n) is 15.0. The van der Waals surface area contributed by atoms with Crippen LogP contribution >= 0.6 is 0 Å². The minimum atomic E-state index is -0.475. The molecule has 1 aliphatic carbocycles. The molecule has 0 radical (unpaired) electrons. The Morgan fingerprint density at radius 3 is 2.64 bits per heavy atom. The summed E-state index contributed by atoms with van der Waals surface area (Å²) in [6.07, 6.45) is 3.14. The third-order valence-corrected chi connectivity index (χ3v) is 3.88. The Kier molecular flexibility index (Phi) is 8.04. The second kappa shape index (κ2) is 10.6. The van der Waals surface area contributed by atoms with Gasteiger partial charge in [-0.2, -0.15) is 0 Å². The molecule has 0 aromatic heterocycles. The summed E-state index contributed by atoms with van der Waals surface area (Å²) in [6, 6.07) is 7.55. The van der Waals surface area contributed by atoms with E-state index in [2.05, 4.69) is 25.7 Å². The molecule has 0 spiro atoms. The average molecular weight is 348 g/mol. The van der Waals surface area contributed by atoms with Gasteiger partial charge in [0, 0.05) is 39.0 Å². The first-order valence-electron chi connectivity index (χ1n) is 8.67. The van der Waals surface area contributed by atoms with Crippen molar-refractivity contribution in [1.82, 2.24) is 10.6 Å². The normalized spacial score (nSPS) is 14.1. The highest BCUT2D eigenvalue weighted by molar-refractivity contribution is 5.84. The number of carbonyl (C=O) groups excluding carboxylic acids is 1. The molecule has 0 aliphatic heterocycles. The number of carbonyl (C=O) groups is 1. The fourth-order valence-corrected chi connectivity index (χ4v) is 2.20. The molecule has 1 fully saturated rings. The van der Waals surface area contributed by atoms with E-state index in [1.807, 2.05) is 24.3 Å². The SMILES string of the molecule is CN=C(NCCCOCC1CC1)NCc1ccc(NC(=O)OC)cc1. The summed E-state index contributed by atoms with van der Waals surface area (Å²) in [6.45, 7) is 3.17. The molecule has 2 rings (SSSR count). The van der Waals surface area contributed by atoms with Gasteiger partial charge in [0.2, 0.25) is 0 Å². The first kappa shape index (κ1) is 19.1. The lowest BCUT2D eigenvalue weighted by atomic mass is 10.2. The maximum Gasteiger partial charge on any atom is 0.411 e. The number of hydrogen-bond acceptors (Lipinski definition) is 4. The highest BCUT2D eigenvalue weighted by atomic mass is 16.5. The van der Waals surface area contributed by atoms with Crippen molar-refractivity contribution in [3.63, 3.8) is 0 Å². The molecule has 138 valence electrons. The van der Waals surface area contributed by atoms with Gasteiger partial charge in [0.05, 0.1) is 7.11 Å². The Morgan fingerprint density at radius 1 is 1.24 bits per heavy atom. The minimum absolute atomic E-state index is 0.475. The van der Waals surface area contributed by atoms with Crippen LogP contribution in [0.5, 0.6) is 0 Å². The van der Waals surface area contributed by atoms with E-state index in [0.29, 0.717) is 12.2 Å². The van der Waals surface area contributed by atoms with Gasteiger partial charge < -0.3 is 20.1 Å². The molecule has 0 saturated heterocycles. The Morgan fingerprint density at radius 2 is 2.00 bits per heavy atom. The second-order valence-electron chi connectivity index (χ2n) is 6.04. The van der Waals surface area contributed by atoms with Crippen molar-refractivity contribution in [2.24, 2.45) is 10.9 Å². The molecular weight excluding hydrogens is 320 g/mol. The third kappa shape index (κ3) is 7.89. The molecule has 0 atom stereocenters. The summed E-state index contributed by atoms with van der Waals surface area (Å²) in [4.78, 5) is 15.4. The van der Waals surface area contributed by atoms with E-state index in [1.165, 1.54) is 20.0 Å². The van der Waals surface area contributed by atoms with Crippen LogP contribution in [0.2, 0.25) is 0 Å². The molecule has 3 N–H and O–H groups in total. The molecule has 7 heteroatoms. The molecule has 25 heavy (non-hydrogen) atoms. The number of aliphatic imine (C=N–C) groups is 1. The van der Waals surface area contributed by atoms with Gasteiger partial charge in [-0.15, -0.1) is 0 Å². The van der Waals surface area contributed by atoms with E-state index in [-0.39, 0.29) is 0 Å². The second-order valence-corrected chi connectivity index (χ2v) is 6.04. The van der Waals surface area contributed by atoms with Gasteiger partial charge >= 0.3 is 6.09 Å². The van der Waals surface area contributed by atoms with Crippen molar-refractivity contribution < 1.29 is 14.3 Å². The largest absolute Gasteiger partial charge is 0.453 e. The van der Waals surface area contributed by atoms with E-state index >= 15 is 0 Å². The first-order chi connectivity index (χ1) is 12.2. The predicted molar refractivity (Wildman–Crippen MR) is 98.8 cm³/mol. The van der Waals surface area contributed by atoms with E-state index in [4.69, 9.17) is 4.74 Å². The predicted octanol–water partition coefficient (Wildman–Crippen LogP) is 2.35. The summed E-state index contributed by atoms with van der Waals surface area (Å²) in [5.74, 6) is 1.58. The number of guanidine groups is 1. The number of nitrogens with zero attached hydrogens (tertiary/aromatic N) is 1. The van der Waals surface area contributed by atoms with Crippen LogP contribution in [-0.4, -0.2) is 46.0 Å². The monoisotopic (exact) mass is 348 g/mol. The van der Waals surface area contributed by atoms with Gasteiger partial charge in [-0.3, -0.25) is 10.3 Å². The number of rotatable bonds is 9. The maximum atomic E-state index is 11.1. The summed E-state index contributed by atoms with van der Waals surface area (Å²) >= 11 is 0. The van der Waals surface area contributed by atoms with Crippen LogP contribution in [-0.2, 0) is 16.0 Å². The number of amides is 1. The van der Waals surface area contributed by atoms with Crippen molar-refractivity contribution in [3.05, 3.63) is 29.8 Å². The standard InChI is InChI=1S/C18H28N4O3/c1-19-17(20-10-3-11-25-13-15-4-5-15)21-12-14-6-8-16(9-7-14)22-18(23)24-2/h6-9,15H,3-5,10-13H2,1-2H3,(H,22,23)(H2,19,20,21). The Hall–Kier alpha value is -2.28. The van der Waals surface area contributed by atoms with Gasteiger partial charge in [-0.1, -0.05) is 12.1 Å². The van der Waals surface area contributed by atoms with Gasteiger partial charge in [0.25, 0.3) is 0 Å². The molecule has 1 aromatic carbocycles. The van der Waals surface area contributed by atoms with Crippen LogP contribution in [0.3, 0.4) is 0 Å². The van der Waals surface area contributed by atoms with Gasteiger partial charge in [0.1, 0.15) is 0 Å².